The first-order valence-corrected chi connectivity index (χ1v) is 8.73. The van der Waals surface area contributed by atoms with Gasteiger partial charge in [0.2, 0.25) is 0 Å². The second-order valence-corrected chi connectivity index (χ2v) is 7.34. The van der Waals surface area contributed by atoms with Crippen molar-refractivity contribution < 1.29 is 9.53 Å². The van der Waals surface area contributed by atoms with Gasteiger partial charge < -0.3 is 10.5 Å². The smallest absolute Gasteiger partial charge is 0.316 e. The molecule has 0 aliphatic heterocycles. The molecule has 3 aromatic rings. The summed E-state index contributed by atoms with van der Waals surface area (Å²) in [6, 6.07) is 15.2. The molecular weight excluding hydrogens is 342 g/mol. The Morgan fingerprint density at radius 2 is 1.67 bits per heavy atom. The standard InChI is InChI=1S/C20H23N5O2/c1-20(2,3)19(26)27-17-10-8-16(9-11-17)18-22-23-24-25(18)13-15-6-4-14(12-21)5-7-15/h4-11H,12-13,21H2,1-3H3. The van der Waals surface area contributed by atoms with Crippen LogP contribution in [0.15, 0.2) is 48.5 Å². The Kier molecular flexibility index (Phi) is 5.32. The highest BCUT2D eigenvalue weighted by Gasteiger charge is 2.23. The fraction of sp³-hybridized carbons (Fsp3) is 0.300. The van der Waals surface area contributed by atoms with E-state index < -0.39 is 5.41 Å². The van der Waals surface area contributed by atoms with Gasteiger partial charge in [-0.15, -0.1) is 5.10 Å². The number of esters is 1. The van der Waals surface area contributed by atoms with E-state index in [2.05, 4.69) is 15.5 Å². The number of tetrazole rings is 1. The molecule has 0 spiro atoms. The van der Waals surface area contributed by atoms with E-state index >= 15 is 0 Å². The lowest BCUT2D eigenvalue weighted by Gasteiger charge is -2.16. The van der Waals surface area contributed by atoms with Crippen LogP contribution >= 0.6 is 0 Å². The van der Waals surface area contributed by atoms with Crippen molar-refractivity contribution >= 4 is 5.97 Å². The Hall–Kier alpha value is -3.06. The van der Waals surface area contributed by atoms with Crippen molar-refractivity contribution in [3.8, 4) is 17.1 Å². The maximum absolute atomic E-state index is 12.0. The van der Waals surface area contributed by atoms with Crippen molar-refractivity contribution in [1.82, 2.24) is 20.2 Å². The van der Waals surface area contributed by atoms with E-state index in [4.69, 9.17) is 10.5 Å². The van der Waals surface area contributed by atoms with Gasteiger partial charge in [-0.3, -0.25) is 4.79 Å². The fourth-order valence-corrected chi connectivity index (χ4v) is 2.40. The van der Waals surface area contributed by atoms with Crippen LogP contribution in [0.3, 0.4) is 0 Å². The van der Waals surface area contributed by atoms with Crippen molar-refractivity contribution in [2.75, 3.05) is 0 Å². The average Bonchev–Trinajstić information content (AvgIpc) is 3.10. The minimum Gasteiger partial charge on any atom is -0.426 e. The molecule has 0 aliphatic carbocycles. The van der Waals surface area contributed by atoms with Crippen molar-refractivity contribution in [1.29, 1.82) is 0 Å². The molecule has 140 valence electrons. The third-order valence-corrected chi connectivity index (χ3v) is 4.06. The van der Waals surface area contributed by atoms with Crippen LogP contribution in [0.1, 0.15) is 31.9 Å². The van der Waals surface area contributed by atoms with Crippen LogP contribution in [0.25, 0.3) is 11.4 Å². The number of carbonyl (C=O) groups excluding carboxylic acids is 1. The molecule has 1 heterocycles. The van der Waals surface area contributed by atoms with Gasteiger partial charge >= 0.3 is 5.97 Å². The molecule has 2 N–H and O–H groups in total. The number of rotatable bonds is 5. The predicted octanol–water partition coefficient (Wildman–Crippen LogP) is 2.80. The van der Waals surface area contributed by atoms with E-state index in [1.807, 2.05) is 57.2 Å². The highest BCUT2D eigenvalue weighted by molar-refractivity contribution is 5.78. The molecule has 2 aromatic carbocycles. The van der Waals surface area contributed by atoms with Gasteiger partial charge in [0.25, 0.3) is 0 Å². The quantitative estimate of drug-likeness (QED) is 0.552. The zero-order valence-corrected chi connectivity index (χ0v) is 15.7. The lowest BCUT2D eigenvalue weighted by molar-refractivity contribution is -0.142. The molecule has 7 heteroatoms. The molecule has 0 fully saturated rings. The zero-order chi connectivity index (χ0) is 19.4. The first-order chi connectivity index (χ1) is 12.9. The third kappa shape index (κ3) is 4.57. The van der Waals surface area contributed by atoms with Gasteiger partial charge in [-0.25, -0.2) is 4.68 Å². The molecule has 0 amide bonds. The summed E-state index contributed by atoms with van der Waals surface area (Å²) < 4.78 is 7.12. The molecule has 7 nitrogen and oxygen atoms in total. The fourth-order valence-electron chi connectivity index (χ4n) is 2.40. The molecule has 0 radical (unpaired) electrons. The first-order valence-electron chi connectivity index (χ1n) is 8.73. The minimum absolute atomic E-state index is 0.277. The molecule has 1 aromatic heterocycles. The number of aromatic nitrogens is 4. The van der Waals surface area contributed by atoms with Gasteiger partial charge in [-0.2, -0.15) is 0 Å². The maximum atomic E-state index is 12.0. The SMILES string of the molecule is CC(C)(C)C(=O)Oc1ccc(-c2nnnn2Cc2ccc(CN)cc2)cc1. The van der Waals surface area contributed by atoms with Crippen molar-refractivity contribution in [2.24, 2.45) is 11.1 Å². The number of hydrogen-bond donors (Lipinski definition) is 1. The second-order valence-electron chi connectivity index (χ2n) is 7.34. The molecule has 0 atom stereocenters. The van der Waals surface area contributed by atoms with Crippen LogP contribution in [0.2, 0.25) is 0 Å². The summed E-state index contributed by atoms with van der Waals surface area (Å²) in [5.74, 6) is 0.864. The summed E-state index contributed by atoms with van der Waals surface area (Å²) in [7, 11) is 0. The Balaban J connectivity index is 1.75. The largest absolute Gasteiger partial charge is 0.426 e. The summed E-state index contributed by atoms with van der Waals surface area (Å²) in [6.07, 6.45) is 0. The molecule has 0 unspecified atom stereocenters. The molecular formula is C20H23N5O2. The zero-order valence-electron chi connectivity index (χ0n) is 15.7. The van der Waals surface area contributed by atoms with Gasteiger partial charge in [0, 0.05) is 12.1 Å². The molecule has 0 bridgehead atoms. The molecule has 3 rings (SSSR count). The number of carbonyl (C=O) groups is 1. The van der Waals surface area contributed by atoms with E-state index in [0.29, 0.717) is 24.7 Å². The van der Waals surface area contributed by atoms with E-state index in [1.165, 1.54) is 0 Å². The number of ether oxygens (including phenoxy) is 1. The molecule has 27 heavy (non-hydrogen) atoms. The van der Waals surface area contributed by atoms with Crippen LogP contribution in [0.5, 0.6) is 5.75 Å². The van der Waals surface area contributed by atoms with Gasteiger partial charge in [0.05, 0.1) is 12.0 Å². The second kappa shape index (κ2) is 7.67. The molecule has 0 saturated carbocycles. The summed E-state index contributed by atoms with van der Waals surface area (Å²) >= 11 is 0. The van der Waals surface area contributed by atoms with Crippen LogP contribution in [0.4, 0.5) is 0 Å². The third-order valence-electron chi connectivity index (χ3n) is 4.06. The molecule has 0 aliphatic rings. The van der Waals surface area contributed by atoms with E-state index in [0.717, 1.165) is 16.7 Å². The lowest BCUT2D eigenvalue weighted by Crippen LogP contribution is -2.25. The Labute approximate surface area is 158 Å². The number of hydrogen-bond acceptors (Lipinski definition) is 6. The minimum atomic E-state index is -0.553. The highest BCUT2D eigenvalue weighted by Crippen LogP contribution is 2.23. The van der Waals surface area contributed by atoms with Crippen LogP contribution in [0, 0.1) is 5.41 Å². The van der Waals surface area contributed by atoms with Crippen molar-refractivity contribution in [3.05, 3.63) is 59.7 Å². The average molecular weight is 365 g/mol. The van der Waals surface area contributed by atoms with E-state index in [1.54, 1.807) is 16.8 Å². The summed E-state index contributed by atoms with van der Waals surface area (Å²) in [5.41, 5.74) is 8.08. The van der Waals surface area contributed by atoms with E-state index in [-0.39, 0.29) is 5.97 Å². The first kappa shape index (κ1) is 18.7. The maximum Gasteiger partial charge on any atom is 0.316 e. The Morgan fingerprint density at radius 1 is 1.04 bits per heavy atom. The number of benzene rings is 2. The van der Waals surface area contributed by atoms with Crippen molar-refractivity contribution in [2.45, 2.75) is 33.9 Å². The van der Waals surface area contributed by atoms with Gasteiger partial charge in [0.15, 0.2) is 5.82 Å². The monoisotopic (exact) mass is 365 g/mol. The summed E-state index contributed by atoms with van der Waals surface area (Å²) in [5, 5.41) is 12.0. The van der Waals surface area contributed by atoms with E-state index in [9.17, 15) is 4.79 Å². The van der Waals surface area contributed by atoms with Gasteiger partial charge in [0.1, 0.15) is 5.75 Å². The Bertz CT molecular complexity index is 909. The van der Waals surface area contributed by atoms with Gasteiger partial charge in [-0.05, 0) is 66.6 Å². The normalized spacial score (nSPS) is 11.4. The van der Waals surface area contributed by atoms with Crippen LogP contribution in [-0.2, 0) is 17.9 Å². The molecule has 0 saturated heterocycles. The topological polar surface area (TPSA) is 95.9 Å². The highest BCUT2D eigenvalue weighted by atomic mass is 16.5. The van der Waals surface area contributed by atoms with Gasteiger partial charge in [-0.1, -0.05) is 24.3 Å². The lowest BCUT2D eigenvalue weighted by atomic mass is 9.97. The summed E-state index contributed by atoms with van der Waals surface area (Å²) in [6.45, 7) is 6.52. The number of nitrogens with zero attached hydrogens (tertiary/aromatic N) is 4. The van der Waals surface area contributed by atoms with Crippen molar-refractivity contribution in [3.63, 3.8) is 0 Å². The predicted molar refractivity (Wildman–Crippen MR) is 102 cm³/mol. The van der Waals surface area contributed by atoms with Crippen LogP contribution < -0.4 is 10.5 Å². The van der Waals surface area contributed by atoms with Crippen LogP contribution in [-0.4, -0.2) is 26.2 Å². The number of nitrogens with two attached hydrogens (primary N) is 1. The Morgan fingerprint density at radius 3 is 2.26 bits per heavy atom. The summed E-state index contributed by atoms with van der Waals surface area (Å²) in [4.78, 5) is 12.0.